The first kappa shape index (κ1) is 13.6. The number of rotatable bonds is 3. The van der Waals surface area contributed by atoms with Crippen molar-refractivity contribution in [1.82, 2.24) is 10.9 Å². The van der Waals surface area contributed by atoms with Crippen LogP contribution in [-0.4, -0.2) is 11.7 Å². The molecule has 5 heteroatoms. The van der Waals surface area contributed by atoms with Gasteiger partial charge in [-0.05, 0) is 46.2 Å². The predicted octanol–water partition coefficient (Wildman–Crippen LogP) is 2.43. The molecule has 0 radical (unpaired) electrons. The van der Waals surface area contributed by atoms with Gasteiger partial charge < -0.3 is 9.15 Å². The monoisotopic (exact) mass is 240 g/mol. The number of hydrogen-bond acceptors (Lipinski definition) is 4. The molecule has 0 unspecified atom stereocenters. The third-order valence-corrected chi connectivity index (χ3v) is 2.07. The van der Waals surface area contributed by atoms with E-state index in [1.165, 1.54) is 0 Å². The summed E-state index contributed by atoms with van der Waals surface area (Å²) in [5.74, 6) is 1.66. The number of ether oxygens (including phenoxy) is 1. The second-order valence-corrected chi connectivity index (χ2v) is 4.93. The van der Waals surface area contributed by atoms with Gasteiger partial charge in [-0.25, -0.2) is 10.2 Å². The summed E-state index contributed by atoms with van der Waals surface area (Å²) in [5, 5.41) is 0. The molecular formula is C12H20N2O3. The first-order valence-corrected chi connectivity index (χ1v) is 5.56. The molecule has 96 valence electrons. The summed E-state index contributed by atoms with van der Waals surface area (Å²) < 4.78 is 10.5. The van der Waals surface area contributed by atoms with Crippen molar-refractivity contribution in [2.24, 2.45) is 0 Å². The van der Waals surface area contributed by atoms with Gasteiger partial charge in [0, 0.05) is 0 Å². The van der Waals surface area contributed by atoms with Crippen molar-refractivity contribution in [3.8, 4) is 0 Å². The summed E-state index contributed by atoms with van der Waals surface area (Å²) in [6.07, 6.45) is -0.502. The number of carbonyl (C=O) groups is 1. The number of amides is 1. The van der Waals surface area contributed by atoms with Crippen molar-refractivity contribution in [2.45, 2.75) is 46.8 Å². The fourth-order valence-corrected chi connectivity index (χ4v) is 1.24. The summed E-state index contributed by atoms with van der Waals surface area (Å²) in [6, 6.07) is 1.93. The van der Waals surface area contributed by atoms with Gasteiger partial charge in [0.1, 0.15) is 17.1 Å². The zero-order chi connectivity index (χ0) is 13.1. The Bertz CT molecular complexity index is 371. The molecule has 0 fully saturated rings. The van der Waals surface area contributed by atoms with Crippen LogP contribution in [0.1, 0.15) is 37.9 Å². The molecular weight excluding hydrogens is 220 g/mol. The van der Waals surface area contributed by atoms with Gasteiger partial charge in [0.2, 0.25) is 0 Å². The van der Waals surface area contributed by atoms with Gasteiger partial charge in [-0.15, -0.1) is 0 Å². The fraction of sp³-hybridized carbons (Fsp3) is 0.583. The van der Waals surface area contributed by atoms with Crippen molar-refractivity contribution in [2.75, 3.05) is 0 Å². The van der Waals surface area contributed by atoms with Crippen molar-refractivity contribution in [1.29, 1.82) is 0 Å². The van der Waals surface area contributed by atoms with Gasteiger partial charge in [0.15, 0.2) is 0 Å². The Hall–Kier alpha value is -1.49. The van der Waals surface area contributed by atoms with Crippen molar-refractivity contribution in [3.05, 3.63) is 23.2 Å². The number of carbonyl (C=O) groups excluding carboxylic acids is 1. The Balaban J connectivity index is 2.31. The van der Waals surface area contributed by atoms with E-state index in [1.807, 2.05) is 40.7 Å². The molecule has 0 atom stereocenters. The largest absolute Gasteiger partial charge is 0.465 e. The molecule has 0 spiro atoms. The molecule has 0 aliphatic carbocycles. The number of hydrazine groups is 1. The Kier molecular flexibility index (Phi) is 4.17. The maximum Gasteiger partial charge on any atom is 0.422 e. The molecule has 1 amide bonds. The molecule has 1 rings (SSSR count). The minimum absolute atomic E-state index is 0.425. The first-order chi connectivity index (χ1) is 7.78. The van der Waals surface area contributed by atoms with Crippen LogP contribution in [0, 0.1) is 13.8 Å². The topological polar surface area (TPSA) is 63.5 Å². The molecule has 17 heavy (non-hydrogen) atoms. The minimum Gasteiger partial charge on any atom is -0.465 e. The standard InChI is InChI=1S/C12H20N2O3/c1-8-6-10(16-9(8)2)7-13-14-11(15)17-12(3,4)5/h6,13H,7H2,1-5H3,(H,14,15). The first-order valence-electron chi connectivity index (χ1n) is 5.56. The number of hydrogen-bond donors (Lipinski definition) is 2. The van der Waals surface area contributed by atoms with Gasteiger partial charge in [0.25, 0.3) is 0 Å². The lowest BCUT2D eigenvalue weighted by atomic mass is 10.2. The number of nitrogens with one attached hydrogen (secondary N) is 2. The highest BCUT2D eigenvalue weighted by Gasteiger charge is 2.15. The van der Waals surface area contributed by atoms with E-state index in [4.69, 9.17) is 9.15 Å². The van der Waals surface area contributed by atoms with Crippen LogP contribution < -0.4 is 10.9 Å². The second kappa shape index (κ2) is 5.23. The summed E-state index contributed by atoms with van der Waals surface area (Å²) in [7, 11) is 0. The fourth-order valence-electron chi connectivity index (χ4n) is 1.24. The molecule has 5 nitrogen and oxygen atoms in total. The summed E-state index contributed by atoms with van der Waals surface area (Å²) in [5.41, 5.74) is 5.79. The second-order valence-electron chi connectivity index (χ2n) is 4.93. The van der Waals surface area contributed by atoms with Crippen LogP contribution in [0.5, 0.6) is 0 Å². The molecule has 2 N–H and O–H groups in total. The highest BCUT2D eigenvalue weighted by Crippen LogP contribution is 2.12. The van der Waals surface area contributed by atoms with Crippen LogP contribution in [0.2, 0.25) is 0 Å². The molecule has 0 saturated carbocycles. The lowest BCUT2D eigenvalue weighted by Gasteiger charge is -2.19. The van der Waals surface area contributed by atoms with Gasteiger partial charge in [-0.3, -0.25) is 5.43 Å². The summed E-state index contributed by atoms with van der Waals surface area (Å²) >= 11 is 0. The van der Waals surface area contributed by atoms with E-state index in [0.29, 0.717) is 6.54 Å². The Morgan fingerprint density at radius 2 is 2.06 bits per heavy atom. The quantitative estimate of drug-likeness (QED) is 0.796. The third kappa shape index (κ3) is 4.91. The average Bonchev–Trinajstić information content (AvgIpc) is 2.43. The zero-order valence-electron chi connectivity index (χ0n) is 11.0. The van der Waals surface area contributed by atoms with Crippen LogP contribution in [0.15, 0.2) is 10.5 Å². The van der Waals surface area contributed by atoms with Crippen molar-refractivity contribution >= 4 is 6.09 Å². The van der Waals surface area contributed by atoms with Crippen LogP contribution in [0.4, 0.5) is 4.79 Å². The zero-order valence-corrected chi connectivity index (χ0v) is 11.0. The Morgan fingerprint density at radius 1 is 1.41 bits per heavy atom. The van der Waals surface area contributed by atoms with Crippen LogP contribution in [0.25, 0.3) is 0 Å². The van der Waals surface area contributed by atoms with Crippen LogP contribution >= 0.6 is 0 Å². The number of aryl methyl sites for hydroxylation is 2. The normalized spacial score (nSPS) is 11.4. The molecule has 1 heterocycles. The van der Waals surface area contributed by atoms with Gasteiger partial charge in [-0.2, -0.15) is 0 Å². The molecule has 0 bridgehead atoms. The highest BCUT2D eigenvalue weighted by atomic mass is 16.6. The lowest BCUT2D eigenvalue weighted by Crippen LogP contribution is -2.40. The smallest absolute Gasteiger partial charge is 0.422 e. The summed E-state index contributed by atoms with van der Waals surface area (Å²) in [6.45, 7) is 9.74. The van der Waals surface area contributed by atoms with Crippen LogP contribution in [0.3, 0.4) is 0 Å². The minimum atomic E-state index is -0.502. The van der Waals surface area contributed by atoms with Crippen LogP contribution in [-0.2, 0) is 11.3 Å². The predicted molar refractivity (Wildman–Crippen MR) is 64.4 cm³/mol. The van der Waals surface area contributed by atoms with Crippen molar-refractivity contribution < 1.29 is 13.9 Å². The lowest BCUT2D eigenvalue weighted by molar-refractivity contribution is 0.0495. The maximum absolute atomic E-state index is 11.3. The van der Waals surface area contributed by atoms with E-state index in [-0.39, 0.29) is 0 Å². The van der Waals surface area contributed by atoms with Gasteiger partial charge in [0.05, 0.1) is 6.54 Å². The molecule has 0 aliphatic rings. The van der Waals surface area contributed by atoms with Gasteiger partial charge >= 0.3 is 6.09 Å². The SMILES string of the molecule is Cc1cc(CNNC(=O)OC(C)(C)C)oc1C. The molecule has 0 aromatic carbocycles. The van der Waals surface area contributed by atoms with E-state index in [1.54, 1.807) is 0 Å². The molecule has 0 saturated heterocycles. The average molecular weight is 240 g/mol. The van der Waals surface area contributed by atoms with Gasteiger partial charge in [-0.1, -0.05) is 0 Å². The summed E-state index contributed by atoms with van der Waals surface area (Å²) in [4.78, 5) is 11.3. The van der Waals surface area contributed by atoms with E-state index in [2.05, 4.69) is 10.9 Å². The molecule has 0 aliphatic heterocycles. The van der Waals surface area contributed by atoms with Crippen molar-refractivity contribution in [3.63, 3.8) is 0 Å². The van der Waals surface area contributed by atoms with E-state index < -0.39 is 11.7 Å². The van der Waals surface area contributed by atoms with E-state index in [9.17, 15) is 4.79 Å². The third-order valence-electron chi connectivity index (χ3n) is 2.07. The number of furan rings is 1. The molecule has 1 aromatic rings. The highest BCUT2D eigenvalue weighted by molar-refractivity contribution is 5.66. The Labute approximate surface area is 101 Å². The van der Waals surface area contributed by atoms with E-state index in [0.717, 1.165) is 17.1 Å². The van der Waals surface area contributed by atoms with E-state index >= 15 is 0 Å². The Morgan fingerprint density at radius 3 is 2.53 bits per heavy atom. The maximum atomic E-state index is 11.3. The molecule has 1 aromatic heterocycles.